The van der Waals surface area contributed by atoms with E-state index in [9.17, 15) is 4.39 Å². The number of ether oxygens (including phenoxy) is 2. The molecular formula is C19H23FO2. The van der Waals surface area contributed by atoms with Gasteiger partial charge in [0, 0.05) is 6.42 Å². The fraction of sp³-hybridized carbons (Fsp3) is 0.368. The highest BCUT2D eigenvalue weighted by molar-refractivity contribution is 5.30. The molecule has 3 heteroatoms. The Bertz CT molecular complexity index is 620. The second-order valence-electron chi connectivity index (χ2n) is 6.28. The average Bonchev–Trinajstić information content (AvgIpc) is 2.40. The van der Waals surface area contributed by atoms with Crippen molar-refractivity contribution in [3.8, 4) is 11.5 Å². The van der Waals surface area contributed by atoms with E-state index in [0.717, 1.165) is 11.3 Å². The van der Waals surface area contributed by atoms with Gasteiger partial charge >= 0.3 is 0 Å². The second kappa shape index (κ2) is 6.82. The van der Waals surface area contributed by atoms with Gasteiger partial charge in [0.1, 0.15) is 11.4 Å². The highest BCUT2D eigenvalue weighted by Crippen LogP contribution is 2.25. The number of benzene rings is 2. The lowest BCUT2D eigenvalue weighted by Gasteiger charge is -2.27. The SMILES string of the molecule is CC(C)Oc1cccc(CC(C)(C)Oc2ccccc2F)c1. The number of hydrogen-bond donors (Lipinski definition) is 0. The summed E-state index contributed by atoms with van der Waals surface area (Å²) in [4.78, 5) is 0. The van der Waals surface area contributed by atoms with Crippen molar-refractivity contribution in [3.05, 3.63) is 59.9 Å². The molecule has 2 rings (SSSR count). The fourth-order valence-electron chi connectivity index (χ4n) is 2.35. The molecule has 0 aliphatic heterocycles. The van der Waals surface area contributed by atoms with Crippen LogP contribution < -0.4 is 9.47 Å². The summed E-state index contributed by atoms with van der Waals surface area (Å²) in [6, 6.07) is 14.4. The highest BCUT2D eigenvalue weighted by atomic mass is 19.1. The summed E-state index contributed by atoms with van der Waals surface area (Å²) in [6.45, 7) is 7.90. The number of hydrogen-bond acceptors (Lipinski definition) is 2. The first kappa shape index (κ1) is 16.3. The molecule has 0 heterocycles. The van der Waals surface area contributed by atoms with Crippen molar-refractivity contribution >= 4 is 0 Å². The van der Waals surface area contributed by atoms with Crippen LogP contribution >= 0.6 is 0 Å². The zero-order valence-corrected chi connectivity index (χ0v) is 13.6. The number of rotatable bonds is 6. The molecule has 118 valence electrons. The molecule has 0 amide bonds. The third-order valence-corrected chi connectivity index (χ3v) is 3.12. The molecule has 0 spiro atoms. The Balaban J connectivity index is 2.10. The average molecular weight is 302 g/mol. The van der Waals surface area contributed by atoms with Gasteiger partial charge in [-0.1, -0.05) is 24.3 Å². The standard InChI is InChI=1S/C19H23FO2/c1-14(2)21-16-9-7-8-15(12-16)13-19(3,4)22-18-11-6-5-10-17(18)20/h5-12,14H,13H2,1-4H3. The Morgan fingerprint density at radius 3 is 2.45 bits per heavy atom. The lowest BCUT2D eigenvalue weighted by atomic mass is 9.98. The van der Waals surface area contributed by atoms with Gasteiger partial charge in [0.25, 0.3) is 0 Å². The lowest BCUT2D eigenvalue weighted by Crippen LogP contribution is -2.31. The predicted molar refractivity (Wildman–Crippen MR) is 87.0 cm³/mol. The zero-order chi connectivity index (χ0) is 16.2. The summed E-state index contributed by atoms with van der Waals surface area (Å²) in [5.74, 6) is 0.781. The molecule has 22 heavy (non-hydrogen) atoms. The Morgan fingerprint density at radius 2 is 1.77 bits per heavy atom. The smallest absolute Gasteiger partial charge is 0.165 e. The normalized spacial score (nSPS) is 11.5. The summed E-state index contributed by atoms with van der Waals surface area (Å²) in [5, 5.41) is 0. The topological polar surface area (TPSA) is 18.5 Å². The van der Waals surface area contributed by atoms with Gasteiger partial charge in [-0.15, -0.1) is 0 Å². The molecule has 0 radical (unpaired) electrons. The van der Waals surface area contributed by atoms with Crippen molar-refractivity contribution < 1.29 is 13.9 Å². The molecule has 0 saturated heterocycles. The molecule has 0 N–H and O–H groups in total. The monoisotopic (exact) mass is 302 g/mol. The molecule has 0 aromatic heterocycles. The van der Waals surface area contributed by atoms with Crippen molar-refractivity contribution in [2.24, 2.45) is 0 Å². The van der Waals surface area contributed by atoms with Crippen molar-refractivity contribution in [2.75, 3.05) is 0 Å². The van der Waals surface area contributed by atoms with Crippen LogP contribution in [0.4, 0.5) is 4.39 Å². The molecule has 0 aliphatic rings. The summed E-state index contributed by atoms with van der Waals surface area (Å²) >= 11 is 0. The third kappa shape index (κ3) is 4.76. The maximum Gasteiger partial charge on any atom is 0.165 e. The quantitative estimate of drug-likeness (QED) is 0.746. The van der Waals surface area contributed by atoms with Crippen molar-refractivity contribution in [1.29, 1.82) is 0 Å². The van der Waals surface area contributed by atoms with Gasteiger partial charge in [-0.2, -0.15) is 0 Å². The van der Waals surface area contributed by atoms with E-state index >= 15 is 0 Å². The maximum atomic E-state index is 13.7. The van der Waals surface area contributed by atoms with Crippen LogP contribution in [0, 0.1) is 5.82 Å². The van der Waals surface area contributed by atoms with Crippen LogP contribution in [-0.2, 0) is 6.42 Å². The Hall–Kier alpha value is -2.03. The van der Waals surface area contributed by atoms with Gasteiger partial charge in [0.05, 0.1) is 6.10 Å². The van der Waals surface area contributed by atoms with Crippen LogP contribution in [0.2, 0.25) is 0 Å². The summed E-state index contributed by atoms with van der Waals surface area (Å²) in [5.41, 5.74) is 0.582. The maximum absolute atomic E-state index is 13.7. The minimum Gasteiger partial charge on any atom is -0.491 e. The van der Waals surface area contributed by atoms with Crippen LogP contribution in [0.15, 0.2) is 48.5 Å². The first-order valence-corrected chi connectivity index (χ1v) is 7.55. The Kier molecular flexibility index (Phi) is 5.07. The first-order valence-electron chi connectivity index (χ1n) is 7.55. The largest absolute Gasteiger partial charge is 0.491 e. The molecule has 2 aromatic carbocycles. The lowest BCUT2D eigenvalue weighted by molar-refractivity contribution is 0.104. The number of para-hydroxylation sites is 1. The highest BCUT2D eigenvalue weighted by Gasteiger charge is 2.22. The molecule has 0 fully saturated rings. The van der Waals surface area contributed by atoms with E-state index in [-0.39, 0.29) is 17.7 Å². The molecule has 0 saturated carbocycles. The Morgan fingerprint density at radius 1 is 1.05 bits per heavy atom. The summed E-state index contributed by atoms with van der Waals surface area (Å²) in [7, 11) is 0. The van der Waals surface area contributed by atoms with E-state index in [4.69, 9.17) is 9.47 Å². The van der Waals surface area contributed by atoms with Gasteiger partial charge in [0.15, 0.2) is 11.6 Å². The summed E-state index contributed by atoms with van der Waals surface area (Å²) in [6.07, 6.45) is 0.800. The van der Waals surface area contributed by atoms with Crippen LogP contribution in [0.3, 0.4) is 0 Å². The van der Waals surface area contributed by atoms with Crippen molar-refractivity contribution in [2.45, 2.75) is 45.8 Å². The van der Waals surface area contributed by atoms with Gasteiger partial charge in [0.2, 0.25) is 0 Å². The minimum atomic E-state index is -0.515. The van der Waals surface area contributed by atoms with E-state index in [1.54, 1.807) is 18.2 Å². The number of halogens is 1. The summed E-state index contributed by atoms with van der Waals surface area (Å²) < 4.78 is 25.3. The van der Waals surface area contributed by atoms with E-state index < -0.39 is 5.60 Å². The van der Waals surface area contributed by atoms with Crippen molar-refractivity contribution in [3.63, 3.8) is 0 Å². The van der Waals surface area contributed by atoms with Crippen LogP contribution in [0.25, 0.3) is 0 Å². The molecule has 0 bridgehead atoms. The van der Waals surface area contributed by atoms with Crippen LogP contribution in [0.5, 0.6) is 11.5 Å². The van der Waals surface area contributed by atoms with Crippen LogP contribution in [0.1, 0.15) is 33.3 Å². The third-order valence-electron chi connectivity index (χ3n) is 3.12. The fourth-order valence-corrected chi connectivity index (χ4v) is 2.35. The minimum absolute atomic E-state index is 0.137. The first-order chi connectivity index (χ1) is 10.4. The van der Waals surface area contributed by atoms with Gasteiger partial charge < -0.3 is 9.47 Å². The van der Waals surface area contributed by atoms with Gasteiger partial charge in [-0.3, -0.25) is 0 Å². The molecule has 0 aliphatic carbocycles. The van der Waals surface area contributed by atoms with Gasteiger partial charge in [-0.05, 0) is 57.5 Å². The van der Waals surface area contributed by atoms with Crippen molar-refractivity contribution in [1.82, 2.24) is 0 Å². The van der Waals surface area contributed by atoms with E-state index in [1.807, 2.05) is 52.0 Å². The van der Waals surface area contributed by atoms with E-state index in [0.29, 0.717) is 6.42 Å². The molecule has 2 aromatic rings. The zero-order valence-electron chi connectivity index (χ0n) is 13.6. The molecular weight excluding hydrogens is 279 g/mol. The molecule has 0 atom stereocenters. The predicted octanol–water partition coefficient (Wildman–Crippen LogP) is 5.01. The Labute approximate surface area is 131 Å². The van der Waals surface area contributed by atoms with E-state index in [2.05, 4.69) is 0 Å². The molecule has 2 nitrogen and oxygen atoms in total. The van der Waals surface area contributed by atoms with Gasteiger partial charge in [-0.25, -0.2) is 4.39 Å². The van der Waals surface area contributed by atoms with Crippen LogP contribution in [-0.4, -0.2) is 11.7 Å². The van der Waals surface area contributed by atoms with E-state index in [1.165, 1.54) is 6.07 Å². The molecule has 0 unspecified atom stereocenters. The second-order valence-corrected chi connectivity index (χ2v) is 6.28.